The predicted molar refractivity (Wildman–Crippen MR) is 116 cm³/mol. The quantitative estimate of drug-likeness (QED) is 0.607. The van der Waals surface area contributed by atoms with Gasteiger partial charge in [0.15, 0.2) is 0 Å². The minimum Gasteiger partial charge on any atom is -0.338 e. The zero-order valence-electron chi connectivity index (χ0n) is 17.1. The minimum absolute atomic E-state index is 0.0997. The number of carbonyl (C=O) groups excluding carboxylic acids is 1. The summed E-state index contributed by atoms with van der Waals surface area (Å²) in [6, 6.07) is 12.9. The third kappa shape index (κ3) is 3.98. The lowest BCUT2D eigenvalue weighted by Crippen LogP contribution is -2.51. The van der Waals surface area contributed by atoms with Gasteiger partial charge in [-0.05, 0) is 35.9 Å². The van der Waals surface area contributed by atoms with Crippen LogP contribution in [-0.2, 0) is 4.79 Å². The lowest BCUT2D eigenvalue weighted by Gasteiger charge is -2.37. The molecule has 0 bridgehead atoms. The Balaban J connectivity index is 1.27. The number of benzene rings is 1. The third-order valence-corrected chi connectivity index (χ3v) is 6.00. The van der Waals surface area contributed by atoms with E-state index in [0.717, 1.165) is 43.4 Å². The predicted octanol–water partition coefficient (Wildman–Crippen LogP) is 2.61. The number of halogens is 1. The summed E-state index contributed by atoms with van der Waals surface area (Å²) in [5.74, 6) is 0.346. The van der Waals surface area contributed by atoms with Crippen molar-refractivity contribution in [2.45, 2.75) is 12.5 Å². The molecule has 0 aliphatic carbocycles. The molecule has 0 spiro atoms. The van der Waals surface area contributed by atoms with Crippen molar-refractivity contribution < 1.29 is 9.18 Å². The Labute approximate surface area is 180 Å². The minimum atomic E-state index is -0.509. The van der Waals surface area contributed by atoms with E-state index in [2.05, 4.69) is 24.8 Å². The lowest BCUT2D eigenvalue weighted by atomic mass is 10.1. The van der Waals surface area contributed by atoms with Crippen LogP contribution in [0.25, 0.3) is 11.1 Å². The fraction of sp³-hybridized carbons (Fsp3) is 0.304. The fourth-order valence-electron chi connectivity index (χ4n) is 4.37. The van der Waals surface area contributed by atoms with Gasteiger partial charge >= 0.3 is 0 Å². The van der Waals surface area contributed by atoms with Crippen LogP contribution >= 0.6 is 0 Å². The smallest absolute Gasteiger partial charge is 0.228 e. The Morgan fingerprint density at radius 1 is 0.903 bits per heavy atom. The second-order valence-corrected chi connectivity index (χ2v) is 7.83. The number of amides is 1. The van der Waals surface area contributed by atoms with E-state index in [9.17, 15) is 9.18 Å². The van der Waals surface area contributed by atoms with Crippen LogP contribution in [0, 0.1) is 5.95 Å². The van der Waals surface area contributed by atoms with Gasteiger partial charge in [0.1, 0.15) is 0 Å². The van der Waals surface area contributed by atoms with Gasteiger partial charge in [0.05, 0.1) is 0 Å². The zero-order chi connectivity index (χ0) is 21.2. The van der Waals surface area contributed by atoms with Crippen LogP contribution in [0.2, 0.25) is 0 Å². The molecule has 7 nitrogen and oxygen atoms in total. The highest BCUT2D eigenvalue weighted by Crippen LogP contribution is 2.30. The standard InChI is InChI=1S/C23H23FN6O/c24-22-20(6-2-7-25-22)17-4-1-5-18(14-17)30-16-19(15-21(30)31)28-10-12-29(13-11-28)23-26-8-3-9-27-23/h1-9,14,19H,10-13,15-16H2. The Bertz CT molecular complexity index is 1070. The molecule has 2 saturated heterocycles. The molecule has 1 unspecified atom stereocenters. The van der Waals surface area contributed by atoms with Gasteiger partial charge in [-0.15, -0.1) is 0 Å². The van der Waals surface area contributed by atoms with E-state index >= 15 is 0 Å². The van der Waals surface area contributed by atoms with Crippen LogP contribution in [0.3, 0.4) is 0 Å². The summed E-state index contributed by atoms with van der Waals surface area (Å²) in [7, 11) is 0. The van der Waals surface area contributed by atoms with Gasteiger partial charge in [0.25, 0.3) is 0 Å². The molecule has 8 heteroatoms. The lowest BCUT2D eigenvalue weighted by molar-refractivity contribution is -0.117. The largest absolute Gasteiger partial charge is 0.338 e. The summed E-state index contributed by atoms with van der Waals surface area (Å²) in [5, 5.41) is 0. The molecule has 1 atom stereocenters. The number of hydrogen-bond acceptors (Lipinski definition) is 6. The number of aromatic nitrogens is 3. The summed E-state index contributed by atoms with van der Waals surface area (Å²) >= 11 is 0. The molecule has 2 aromatic heterocycles. The summed E-state index contributed by atoms with van der Waals surface area (Å²) in [4.78, 5) is 31.6. The van der Waals surface area contributed by atoms with Crippen molar-refractivity contribution in [3.63, 3.8) is 0 Å². The number of carbonyl (C=O) groups is 1. The van der Waals surface area contributed by atoms with Crippen molar-refractivity contribution in [1.29, 1.82) is 0 Å². The van der Waals surface area contributed by atoms with Gasteiger partial charge in [-0.1, -0.05) is 12.1 Å². The first kappa shape index (κ1) is 19.6. The normalized spacial score (nSPS) is 19.8. The van der Waals surface area contributed by atoms with Crippen LogP contribution in [0.5, 0.6) is 0 Å². The summed E-state index contributed by atoms with van der Waals surface area (Å²) in [6.45, 7) is 4.05. The first-order valence-electron chi connectivity index (χ1n) is 10.5. The second kappa shape index (κ2) is 8.39. The monoisotopic (exact) mass is 418 g/mol. The number of pyridine rings is 1. The van der Waals surface area contributed by atoms with Crippen molar-refractivity contribution in [3.05, 3.63) is 67.0 Å². The zero-order valence-corrected chi connectivity index (χ0v) is 17.1. The molecule has 2 aliphatic rings. The first-order chi connectivity index (χ1) is 15.2. The van der Waals surface area contributed by atoms with Crippen LogP contribution in [0.1, 0.15) is 6.42 Å². The molecule has 1 amide bonds. The van der Waals surface area contributed by atoms with Crippen LogP contribution in [-0.4, -0.2) is 64.5 Å². The highest BCUT2D eigenvalue weighted by molar-refractivity contribution is 5.96. The number of hydrogen-bond donors (Lipinski definition) is 0. The molecule has 31 heavy (non-hydrogen) atoms. The van der Waals surface area contributed by atoms with Gasteiger partial charge in [-0.2, -0.15) is 4.39 Å². The maximum Gasteiger partial charge on any atom is 0.228 e. The van der Waals surface area contributed by atoms with Gasteiger partial charge in [0, 0.05) is 75.0 Å². The molecule has 0 saturated carbocycles. The van der Waals surface area contributed by atoms with E-state index in [4.69, 9.17) is 0 Å². The average molecular weight is 418 g/mol. The summed E-state index contributed by atoms with van der Waals surface area (Å²) in [5.41, 5.74) is 1.95. The summed E-state index contributed by atoms with van der Waals surface area (Å²) < 4.78 is 14.1. The van der Waals surface area contributed by atoms with E-state index in [1.54, 1.807) is 24.5 Å². The molecule has 3 aromatic rings. The molecule has 4 heterocycles. The Hall–Kier alpha value is -3.39. The molecule has 2 fully saturated rings. The highest BCUT2D eigenvalue weighted by Gasteiger charge is 2.36. The van der Waals surface area contributed by atoms with Crippen LogP contribution in [0.4, 0.5) is 16.0 Å². The summed E-state index contributed by atoms with van der Waals surface area (Å²) in [6.07, 6.45) is 5.44. The number of piperazine rings is 1. The topological polar surface area (TPSA) is 65.5 Å². The van der Waals surface area contributed by atoms with Crippen LogP contribution in [0.15, 0.2) is 61.1 Å². The van der Waals surface area contributed by atoms with E-state index < -0.39 is 5.95 Å². The molecular formula is C23H23FN6O. The maximum atomic E-state index is 14.1. The molecule has 5 rings (SSSR count). The van der Waals surface area contributed by atoms with E-state index in [0.29, 0.717) is 18.5 Å². The van der Waals surface area contributed by atoms with Crippen LogP contribution < -0.4 is 9.80 Å². The second-order valence-electron chi connectivity index (χ2n) is 7.83. The molecular weight excluding hydrogens is 395 g/mol. The Morgan fingerprint density at radius 3 is 2.45 bits per heavy atom. The fourth-order valence-corrected chi connectivity index (χ4v) is 4.37. The average Bonchev–Trinajstić information content (AvgIpc) is 3.22. The van der Waals surface area contributed by atoms with Gasteiger partial charge < -0.3 is 9.80 Å². The molecule has 2 aliphatic heterocycles. The van der Waals surface area contributed by atoms with Gasteiger partial charge in [-0.25, -0.2) is 15.0 Å². The molecule has 0 N–H and O–H groups in total. The highest BCUT2D eigenvalue weighted by atomic mass is 19.1. The number of anilines is 2. The van der Waals surface area contributed by atoms with Gasteiger partial charge in [-0.3, -0.25) is 9.69 Å². The van der Waals surface area contributed by atoms with Crippen molar-refractivity contribution in [3.8, 4) is 11.1 Å². The molecule has 0 radical (unpaired) electrons. The Kier molecular flexibility index (Phi) is 5.30. The van der Waals surface area contributed by atoms with E-state index in [-0.39, 0.29) is 11.9 Å². The van der Waals surface area contributed by atoms with Crippen molar-refractivity contribution in [2.75, 3.05) is 42.5 Å². The Morgan fingerprint density at radius 2 is 1.68 bits per heavy atom. The van der Waals surface area contributed by atoms with Crippen molar-refractivity contribution in [2.24, 2.45) is 0 Å². The van der Waals surface area contributed by atoms with Crippen molar-refractivity contribution >= 4 is 17.5 Å². The van der Waals surface area contributed by atoms with Gasteiger partial charge in [0.2, 0.25) is 17.8 Å². The maximum absolute atomic E-state index is 14.1. The number of rotatable bonds is 4. The van der Waals surface area contributed by atoms with E-state index in [1.807, 2.05) is 35.2 Å². The SMILES string of the molecule is O=C1CC(N2CCN(c3ncccn3)CC2)CN1c1cccc(-c2cccnc2F)c1. The van der Waals surface area contributed by atoms with E-state index in [1.165, 1.54) is 6.20 Å². The first-order valence-corrected chi connectivity index (χ1v) is 10.5. The molecule has 1 aromatic carbocycles. The van der Waals surface area contributed by atoms with Crippen molar-refractivity contribution in [1.82, 2.24) is 19.9 Å². The third-order valence-electron chi connectivity index (χ3n) is 6.00. The number of nitrogens with zero attached hydrogens (tertiary/aromatic N) is 6. The molecule has 158 valence electrons.